The van der Waals surface area contributed by atoms with Crippen LogP contribution in [0.5, 0.6) is 5.75 Å². The minimum absolute atomic E-state index is 0.313. The number of rotatable bonds is 5. The first-order valence-corrected chi connectivity index (χ1v) is 9.66. The van der Waals surface area contributed by atoms with Crippen LogP contribution in [0.2, 0.25) is 0 Å². The number of urea groups is 1. The van der Waals surface area contributed by atoms with E-state index in [-0.39, 0.29) is 6.03 Å². The summed E-state index contributed by atoms with van der Waals surface area (Å²) in [5, 5.41) is 6.53. The van der Waals surface area contributed by atoms with Crippen molar-refractivity contribution in [1.29, 1.82) is 0 Å². The zero-order valence-corrected chi connectivity index (χ0v) is 16.0. The van der Waals surface area contributed by atoms with Gasteiger partial charge >= 0.3 is 6.03 Å². The number of fused-ring (bicyclic) bond motifs is 1. The average molecular weight is 390 g/mol. The first kappa shape index (κ1) is 17.9. The quantitative estimate of drug-likeness (QED) is 0.478. The van der Waals surface area contributed by atoms with Crippen molar-refractivity contribution in [3.63, 3.8) is 0 Å². The second kappa shape index (κ2) is 8.06. The lowest BCUT2D eigenvalue weighted by molar-refractivity contribution is 0.262. The highest BCUT2D eigenvalue weighted by molar-refractivity contribution is 7.21. The summed E-state index contributed by atoms with van der Waals surface area (Å²) in [6, 6.07) is 18.3. The van der Waals surface area contributed by atoms with E-state index >= 15 is 0 Å². The van der Waals surface area contributed by atoms with Gasteiger partial charge in [-0.2, -0.15) is 0 Å². The highest BCUT2D eigenvalue weighted by atomic mass is 32.1. The molecule has 7 heteroatoms. The molecule has 4 rings (SSSR count). The molecule has 6 nitrogen and oxygen atoms in total. The Morgan fingerprint density at radius 2 is 1.86 bits per heavy atom. The number of benzene rings is 2. The summed E-state index contributed by atoms with van der Waals surface area (Å²) in [6.45, 7) is 2.53. The number of carbonyl (C=O) groups is 1. The first-order valence-electron chi connectivity index (χ1n) is 8.84. The summed E-state index contributed by atoms with van der Waals surface area (Å²) >= 11 is 1.52. The summed E-state index contributed by atoms with van der Waals surface area (Å²) in [4.78, 5) is 22.1. The summed E-state index contributed by atoms with van der Waals surface area (Å²) in [6.07, 6.45) is 1.76. The lowest BCUT2D eigenvalue weighted by atomic mass is 10.2. The van der Waals surface area contributed by atoms with Crippen molar-refractivity contribution in [2.75, 3.05) is 17.2 Å². The zero-order chi connectivity index (χ0) is 19.3. The second-order valence-corrected chi connectivity index (χ2v) is 6.94. The second-order valence-electron chi connectivity index (χ2n) is 5.96. The van der Waals surface area contributed by atoms with Crippen molar-refractivity contribution in [3.05, 3.63) is 66.9 Å². The molecule has 2 amide bonds. The van der Waals surface area contributed by atoms with Crippen molar-refractivity contribution in [2.45, 2.75) is 6.92 Å². The van der Waals surface area contributed by atoms with Crippen LogP contribution in [0.25, 0.3) is 20.9 Å². The number of anilines is 2. The predicted molar refractivity (Wildman–Crippen MR) is 113 cm³/mol. The van der Waals surface area contributed by atoms with Gasteiger partial charge in [-0.05, 0) is 55.5 Å². The lowest BCUT2D eigenvalue weighted by Crippen LogP contribution is -2.19. The Balaban J connectivity index is 1.46. The molecular formula is C21H18N4O2S. The maximum Gasteiger partial charge on any atom is 0.323 e. The number of amides is 2. The SMILES string of the molecule is CCOc1ccc(NC(=O)Nc2cccc(-c3nc4cccnc4s3)c2)cc1. The van der Waals surface area contributed by atoms with Gasteiger partial charge in [-0.3, -0.25) is 0 Å². The van der Waals surface area contributed by atoms with Crippen LogP contribution in [0.15, 0.2) is 66.9 Å². The predicted octanol–water partition coefficient (Wildman–Crippen LogP) is 5.40. The number of thiazole rings is 1. The fourth-order valence-corrected chi connectivity index (χ4v) is 3.62. The van der Waals surface area contributed by atoms with E-state index < -0.39 is 0 Å². The number of nitrogens with one attached hydrogen (secondary N) is 2. The normalized spacial score (nSPS) is 10.6. The largest absolute Gasteiger partial charge is 0.494 e. The van der Waals surface area contributed by atoms with Crippen LogP contribution in [0, 0.1) is 0 Å². The van der Waals surface area contributed by atoms with Crippen LogP contribution in [0.3, 0.4) is 0 Å². The molecule has 0 fully saturated rings. The Kier molecular flexibility index (Phi) is 5.16. The van der Waals surface area contributed by atoms with Crippen LogP contribution in [0.4, 0.5) is 16.2 Å². The Morgan fingerprint density at radius 3 is 2.64 bits per heavy atom. The highest BCUT2D eigenvalue weighted by Crippen LogP contribution is 2.30. The van der Waals surface area contributed by atoms with Crippen LogP contribution in [-0.4, -0.2) is 22.6 Å². The van der Waals surface area contributed by atoms with Crippen molar-refractivity contribution < 1.29 is 9.53 Å². The smallest absolute Gasteiger partial charge is 0.323 e. The Bertz CT molecular complexity index is 1080. The molecule has 0 radical (unpaired) electrons. The summed E-state index contributed by atoms with van der Waals surface area (Å²) in [5.74, 6) is 0.770. The molecule has 0 aliphatic heterocycles. The van der Waals surface area contributed by atoms with E-state index in [1.165, 1.54) is 11.3 Å². The molecule has 140 valence electrons. The van der Waals surface area contributed by atoms with E-state index in [9.17, 15) is 4.79 Å². The Labute approximate surface area is 166 Å². The van der Waals surface area contributed by atoms with Crippen molar-refractivity contribution in [1.82, 2.24) is 9.97 Å². The molecule has 0 atom stereocenters. The van der Waals surface area contributed by atoms with Crippen LogP contribution >= 0.6 is 11.3 Å². The molecular weight excluding hydrogens is 372 g/mol. The molecule has 2 aromatic carbocycles. The molecule has 0 aliphatic carbocycles. The molecule has 0 spiro atoms. The molecule has 2 aromatic heterocycles. The number of hydrogen-bond acceptors (Lipinski definition) is 5. The Morgan fingerprint density at radius 1 is 1.04 bits per heavy atom. The van der Waals surface area contributed by atoms with Gasteiger partial charge in [0, 0.05) is 23.1 Å². The van der Waals surface area contributed by atoms with Gasteiger partial charge in [-0.15, -0.1) is 0 Å². The number of nitrogens with zero attached hydrogens (tertiary/aromatic N) is 2. The van der Waals surface area contributed by atoms with Gasteiger partial charge in [0.2, 0.25) is 0 Å². The standard InChI is InChI=1S/C21H18N4O2S/c1-2-27-17-10-8-15(9-11-17)23-21(26)24-16-6-3-5-14(13-16)19-25-18-7-4-12-22-20(18)28-19/h3-13H,2H2,1H3,(H2,23,24,26). The molecule has 0 saturated heterocycles. The third kappa shape index (κ3) is 4.10. The van der Waals surface area contributed by atoms with Gasteiger partial charge in [0.25, 0.3) is 0 Å². The summed E-state index contributed by atoms with van der Waals surface area (Å²) in [5.41, 5.74) is 3.18. The fraction of sp³-hybridized carbons (Fsp3) is 0.0952. The minimum atomic E-state index is -0.313. The lowest BCUT2D eigenvalue weighted by Gasteiger charge is -2.09. The number of ether oxygens (including phenoxy) is 1. The van der Waals surface area contributed by atoms with Crippen LogP contribution in [-0.2, 0) is 0 Å². The molecule has 0 unspecified atom stereocenters. The topological polar surface area (TPSA) is 76.1 Å². The minimum Gasteiger partial charge on any atom is -0.494 e. The number of aromatic nitrogens is 2. The van der Waals surface area contributed by atoms with Gasteiger partial charge in [-0.25, -0.2) is 14.8 Å². The Hall–Kier alpha value is -3.45. The summed E-state index contributed by atoms with van der Waals surface area (Å²) in [7, 11) is 0. The average Bonchev–Trinajstić information content (AvgIpc) is 3.14. The molecule has 28 heavy (non-hydrogen) atoms. The van der Waals surface area contributed by atoms with Gasteiger partial charge in [0.1, 0.15) is 21.1 Å². The molecule has 2 N–H and O–H groups in total. The third-order valence-corrected chi connectivity index (χ3v) is 4.99. The van der Waals surface area contributed by atoms with E-state index in [1.807, 2.05) is 55.5 Å². The maximum atomic E-state index is 12.3. The monoisotopic (exact) mass is 390 g/mol. The van der Waals surface area contributed by atoms with E-state index in [0.717, 1.165) is 26.7 Å². The van der Waals surface area contributed by atoms with E-state index in [0.29, 0.717) is 18.0 Å². The van der Waals surface area contributed by atoms with Gasteiger partial charge in [0.15, 0.2) is 0 Å². The van der Waals surface area contributed by atoms with E-state index in [1.54, 1.807) is 18.3 Å². The van der Waals surface area contributed by atoms with Crippen molar-refractivity contribution in [3.8, 4) is 16.3 Å². The molecule has 0 saturated carbocycles. The molecule has 2 heterocycles. The van der Waals surface area contributed by atoms with Crippen LogP contribution < -0.4 is 15.4 Å². The van der Waals surface area contributed by atoms with E-state index in [2.05, 4.69) is 20.6 Å². The van der Waals surface area contributed by atoms with Gasteiger partial charge in [0.05, 0.1) is 6.61 Å². The summed E-state index contributed by atoms with van der Waals surface area (Å²) < 4.78 is 5.40. The van der Waals surface area contributed by atoms with Crippen LogP contribution in [0.1, 0.15) is 6.92 Å². The van der Waals surface area contributed by atoms with Crippen molar-refractivity contribution >= 4 is 39.1 Å². The van der Waals surface area contributed by atoms with Gasteiger partial charge < -0.3 is 15.4 Å². The molecule has 0 bridgehead atoms. The third-order valence-electron chi connectivity index (χ3n) is 3.96. The first-order chi connectivity index (χ1) is 13.7. The fourth-order valence-electron chi connectivity index (χ4n) is 2.72. The number of hydrogen-bond donors (Lipinski definition) is 2. The van der Waals surface area contributed by atoms with Gasteiger partial charge in [-0.1, -0.05) is 23.5 Å². The molecule has 4 aromatic rings. The highest BCUT2D eigenvalue weighted by Gasteiger charge is 2.09. The number of carbonyl (C=O) groups excluding carboxylic acids is 1. The van der Waals surface area contributed by atoms with E-state index in [4.69, 9.17) is 4.74 Å². The molecule has 0 aliphatic rings. The zero-order valence-electron chi connectivity index (χ0n) is 15.2. The number of pyridine rings is 1. The maximum absolute atomic E-state index is 12.3. The van der Waals surface area contributed by atoms with Crippen molar-refractivity contribution in [2.24, 2.45) is 0 Å².